The molecular weight excluding hydrogens is 328 g/mol. The molecule has 1 N–H and O–H groups in total. The number of nitrogens with zero attached hydrogens (tertiary/aromatic N) is 1. The van der Waals surface area contributed by atoms with Gasteiger partial charge in [0.1, 0.15) is 11.3 Å². The summed E-state index contributed by atoms with van der Waals surface area (Å²) in [4.78, 5) is 29.2. The number of para-hydroxylation sites is 1. The zero-order chi connectivity index (χ0) is 17.7. The SMILES string of the molecule is COC(=O)[C@@]12CC[C@@]34CCCN5C[C@@H](C(=O)C3)[C@]1(c1ccccc1N2)[C@H]54. The van der Waals surface area contributed by atoms with Gasteiger partial charge in [0.25, 0.3) is 0 Å². The van der Waals surface area contributed by atoms with Crippen molar-refractivity contribution >= 4 is 17.4 Å². The van der Waals surface area contributed by atoms with Crippen molar-refractivity contribution in [3.05, 3.63) is 29.8 Å². The predicted octanol–water partition coefficient (Wildman–Crippen LogP) is 2.11. The number of anilines is 1. The molecule has 2 aliphatic carbocycles. The summed E-state index contributed by atoms with van der Waals surface area (Å²) >= 11 is 0. The van der Waals surface area contributed by atoms with Gasteiger partial charge < -0.3 is 10.1 Å². The second kappa shape index (κ2) is 4.50. The van der Waals surface area contributed by atoms with Crippen molar-refractivity contribution in [3.63, 3.8) is 0 Å². The van der Waals surface area contributed by atoms with Crippen molar-refractivity contribution in [2.24, 2.45) is 11.3 Å². The largest absolute Gasteiger partial charge is 0.467 e. The van der Waals surface area contributed by atoms with Crippen LogP contribution in [0.5, 0.6) is 0 Å². The zero-order valence-corrected chi connectivity index (χ0v) is 15.1. The minimum absolute atomic E-state index is 0.0268. The number of ether oxygens (including phenoxy) is 1. The number of benzene rings is 1. The van der Waals surface area contributed by atoms with E-state index in [1.165, 1.54) is 12.7 Å². The van der Waals surface area contributed by atoms with E-state index in [1.807, 2.05) is 12.1 Å². The normalized spacial score (nSPS) is 44.9. The number of hydrogen-bond donors (Lipinski definition) is 1. The van der Waals surface area contributed by atoms with E-state index in [2.05, 4.69) is 22.3 Å². The lowest BCUT2D eigenvalue weighted by molar-refractivity contribution is -0.163. The molecule has 4 fully saturated rings. The van der Waals surface area contributed by atoms with Crippen molar-refractivity contribution in [2.45, 2.75) is 49.1 Å². The summed E-state index contributed by atoms with van der Waals surface area (Å²) in [5, 5.41) is 3.60. The highest BCUT2D eigenvalue weighted by atomic mass is 16.5. The Hall–Kier alpha value is -1.88. The van der Waals surface area contributed by atoms with Gasteiger partial charge in [0.15, 0.2) is 0 Å². The van der Waals surface area contributed by atoms with E-state index in [0.29, 0.717) is 12.2 Å². The third-order valence-corrected chi connectivity index (χ3v) is 8.34. The summed E-state index contributed by atoms with van der Waals surface area (Å²) in [7, 11) is 1.48. The molecule has 0 amide bonds. The van der Waals surface area contributed by atoms with Crippen molar-refractivity contribution in [1.82, 2.24) is 4.90 Å². The molecule has 0 radical (unpaired) electrons. The van der Waals surface area contributed by atoms with Gasteiger partial charge in [-0.1, -0.05) is 18.2 Å². The highest BCUT2D eigenvalue weighted by molar-refractivity contribution is 5.98. The molecule has 2 saturated carbocycles. The molecule has 5 aliphatic rings. The number of hydrogen-bond acceptors (Lipinski definition) is 5. The summed E-state index contributed by atoms with van der Waals surface area (Å²) in [6.45, 7) is 1.83. The average Bonchev–Trinajstić information content (AvgIpc) is 3.14. The topological polar surface area (TPSA) is 58.6 Å². The Balaban J connectivity index is 1.71. The second-order valence-electron chi connectivity index (χ2n) is 9.00. The lowest BCUT2D eigenvalue weighted by Gasteiger charge is -2.63. The predicted molar refractivity (Wildman–Crippen MR) is 95.9 cm³/mol. The van der Waals surface area contributed by atoms with Crippen LogP contribution in [-0.4, -0.2) is 48.4 Å². The maximum Gasteiger partial charge on any atom is 0.332 e. The van der Waals surface area contributed by atoms with E-state index in [9.17, 15) is 9.59 Å². The van der Waals surface area contributed by atoms with Crippen molar-refractivity contribution in [1.29, 1.82) is 0 Å². The number of carbonyl (C=O) groups excluding carboxylic acids is 2. The Labute approximate surface area is 153 Å². The van der Waals surface area contributed by atoms with E-state index in [0.717, 1.165) is 44.5 Å². The zero-order valence-electron chi connectivity index (χ0n) is 15.1. The third-order valence-electron chi connectivity index (χ3n) is 8.34. The molecule has 1 spiro atoms. The molecule has 136 valence electrons. The second-order valence-corrected chi connectivity index (χ2v) is 9.00. The molecule has 0 unspecified atom stereocenters. The number of nitrogens with one attached hydrogen (secondary N) is 1. The quantitative estimate of drug-likeness (QED) is 0.785. The first-order valence-corrected chi connectivity index (χ1v) is 9.82. The van der Waals surface area contributed by atoms with E-state index < -0.39 is 11.0 Å². The number of Topliss-reactive ketones (excluding diaryl/α,β-unsaturated/α-hetero) is 1. The lowest BCUT2D eigenvalue weighted by atomic mass is 9.41. The Morgan fingerprint density at radius 1 is 1.27 bits per heavy atom. The molecule has 6 rings (SSSR count). The maximum atomic E-state index is 13.4. The van der Waals surface area contributed by atoms with E-state index in [1.54, 1.807) is 0 Å². The first-order chi connectivity index (χ1) is 12.6. The molecule has 1 aromatic carbocycles. The molecule has 3 aliphatic heterocycles. The van der Waals surface area contributed by atoms with Gasteiger partial charge in [-0.15, -0.1) is 0 Å². The average molecular weight is 352 g/mol. The Morgan fingerprint density at radius 3 is 2.96 bits per heavy atom. The van der Waals surface area contributed by atoms with Crippen LogP contribution in [0.2, 0.25) is 0 Å². The number of rotatable bonds is 1. The smallest absolute Gasteiger partial charge is 0.332 e. The molecular formula is C21H24N2O3. The molecule has 5 nitrogen and oxygen atoms in total. The van der Waals surface area contributed by atoms with Gasteiger partial charge in [-0.2, -0.15) is 0 Å². The minimum Gasteiger partial charge on any atom is -0.467 e. The van der Waals surface area contributed by atoms with Crippen LogP contribution in [0.15, 0.2) is 24.3 Å². The van der Waals surface area contributed by atoms with E-state index in [4.69, 9.17) is 4.74 Å². The summed E-state index contributed by atoms with van der Waals surface area (Å²) in [5.74, 6) is 0.0424. The molecule has 4 bridgehead atoms. The number of esters is 1. The maximum absolute atomic E-state index is 13.4. The van der Waals surface area contributed by atoms with Crippen LogP contribution >= 0.6 is 0 Å². The molecule has 5 heteroatoms. The number of carbonyl (C=O) groups is 2. The van der Waals surface area contributed by atoms with Crippen molar-refractivity contribution in [2.75, 3.05) is 25.5 Å². The van der Waals surface area contributed by atoms with Gasteiger partial charge in [-0.3, -0.25) is 9.69 Å². The van der Waals surface area contributed by atoms with E-state index >= 15 is 0 Å². The minimum atomic E-state index is -0.813. The summed E-state index contributed by atoms with van der Waals surface area (Å²) in [5.41, 5.74) is 0.915. The first-order valence-electron chi connectivity index (χ1n) is 9.82. The fourth-order valence-corrected chi connectivity index (χ4v) is 7.77. The molecule has 26 heavy (non-hydrogen) atoms. The number of ketones is 1. The Bertz CT molecular complexity index is 853. The lowest BCUT2D eigenvalue weighted by Crippen LogP contribution is -2.75. The van der Waals surface area contributed by atoms with Crippen LogP contribution in [-0.2, 0) is 19.7 Å². The number of methoxy groups -OCH3 is 1. The highest BCUT2D eigenvalue weighted by Gasteiger charge is 2.81. The van der Waals surface area contributed by atoms with Gasteiger partial charge >= 0.3 is 5.97 Å². The standard InChI is InChI=1S/C21H24N2O3/c1-26-18(25)20-9-8-19-7-4-10-23-12-14(16(24)11-19)21(20,17(19)23)13-5-2-3-6-15(13)22-20/h2-3,5-6,14,17,22H,4,7-12H2,1H3/t14-,17+,19-,20-,21+/m0/s1. The molecule has 5 atom stereocenters. The van der Waals surface area contributed by atoms with Crippen molar-refractivity contribution < 1.29 is 14.3 Å². The van der Waals surface area contributed by atoms with Gasteiger partial charge in [0, 0.05) is 30.6 Å². The monoisotopic (exact) mass is 352 g/mol. The van der Waals surface area contributed by atoms with Crippen LogP contribution in [0.25, 0.3) is 0 Å². The van der Waals surface area contributed by atoms with Crippen LogP contribution in [0.4, 0.5) is 5.69 Å². The highest BCUT2D eigenvalue weighted by Crippen LogP contribution is 2.72. The van der Waals surface area contributed by atoms with Crippen LogP contribution in [0.3, 0.4) is 0 Å². The summed E-state index contributed by atoms with van der Waals surface area (Å²) in [6.07, 6.45) is 4.63. The number of fused-ring (bicyclic) bond motifs is 1. The first kappa shape index (κ1) is 15.2. The van der Waals surface area contributed by atoms with Crippen molar-refractivity contribution in [3.8, 4) is 0 Å². The van der Waals surface area contributed by atoms with Gasteiger partial charge in [-0.25, -0.2) is 4.79 Å². The molecule has 0 aromatic heterocycles. The molecule has 3 heterocycles. The summed E-state index contributed by atoms with van der Waals surface area (Å²) in [6, 6.07) is 8.52. The fourth-order valence-electron chi connectivity index (χ4n) is 7.77. The van der Waals surface area contributed by atoms with Crippen LogP contribution < -0.4 is 5.32 Å². The van der Waals surface area contributed by atoms with E-state index in [-0.39, 0.29) is 23.3 Å². The van der Waals surface area contributed by atoms with Gasteiger partial charge in [-0.05, 0) is 49.3 Å². The molecule has 2 saturated heterocycles. The van der Waals surface area contributed by atoms with Gasteiger partial charge in [0.05, 0.1) is 12.5 Å². The van der Waals surface area contributed by atoms with Crippen LogP contribution in [0, 0.1) is 11.3 Å². The van der Waals surface area contributed by atoms with Crippen LogP contribution in [0.1, 0.15) is 37.7 Å². The Morgan fingerprint density at radius 2 is 2.12 bits per heavy atom. The van der Waals surface area contributed by atoms with Gasteiger partial charge in [0.2, 0.25) is 0 Å². The molecule has 1 aromatic rings. The fraction of sp³-hybridized carbons (Fsp3) is 0.619. The third kappa shape index (κ3) is 1.33. The summed E-state index contributed by atoms with van der Waals surface area (Å²) < 4.78 is 5.36. The number of piperidine rings is 1. The Kier molecular flexibility index (Phi) is 2.63.